The highest BCUT2D eigenvalue weighted by Crippen LogP contribution is 1.54. The predicted octanol–water partition coefficient (Wildman–Crippen LogP) is -2.96. The van der Waals surface area contributed by atoms with Crippen molar-refractivity contribution in [3.63, 3.8) is 0 Å². The first-order chi connectivity index (χ1) is 5.70. The summed E-state index contributed by atoms with van der Waals surface area (Å²) in [6.45, 7) is 0. The fraction of sp³-hybridized carbons (Fsp3) is 0. The second-order valence-corrected chi connectivity index (χ2v) is 1.96. The van der Waals surface area contributed by atoms with Crippen molar-refractivity contribution in [2.24, 2.45) is 10.3 Å². The molecule has 0 spiro atoms. The van der Waals surface area contributed by atoms with Gasteiger partial charge in [-0.1, -0.05) is 10.3 Å². The molecule has 7 nitrogen and oxygen atoms in total. The molecule has 1 rings (SSSR count). The molecule has 0 amide bonds. The van der Waals surface area contributed by atoms with Crippen LogP contribution in [0.4, 0.5) is 0 Å². The molecule has 0 aliphatic rings. The normalized spacial score (nSPS) is 12.6. The summed E-state index contributed by atoms with van der Waals surface area (Å²) < 4.78 is 0. The lowest BCUT2D eigenvalue weighted by Crippen LogP contribution is -2.47. The molecule has 0 heterocycles. The third-order valence-corrected chi connectivity index (χ3v) is 1.28. The summed E-state index contributed by atoms with van der Waals surface area (Å²) in [5, 5.41) is 20.6. The van der Waals surface area contributed by atoms with Crippen LogP contribution in [0.25, 0.3) is 0 Å². The number of rotatable bonds is 0. The number of hydrogen-bond donors (Lipinski definition) is 2. The first kappa shape index (κ1) is 11.0. The first-order valence-corrected chi connectivity index (χ1v) is 2.92. The van der Waals surface area contributed by atoms with E-state index in [1.54, 1.807) is 0 Å². The van der Waals surface area contributed by atoms with Crippen LogP contribution >= 0.6 is 0 Å². The van der Waals surface area contributed by atoms with E-state index >= 15 is 0 Å². The van der Waals surface area contributed by atoms with E-state index in [9.17, 15) is 9.59 Å². The van der Waals surface area contributed by atoms with Gasteiger partial charge >= 0.3 is 0 Å². The molecule has 0 saturated carbocycles. The molecule has 70 valence electrons. The molecule has 4 N–H and O–H groups in total. The largest absolute Gasteiger partial charge is 0.412 e. The van der Waals surface area contributed by atoms with Gasteiger partial charge in [-0.15, -0.1) is 0 Å². The third-order valence-electron chi connectivity index (χ3n) is 1.28. The van der Waals surface area contributed by atoms with Gasteiger partial charge in [0.05, 0.1) is 0 Å². The average Bonchev–Trinajstić information content (AvgIpc) is 2.06. The summed E-state index contributed by atoms with van der Waals surface area (Å²) in [6, 6.07) is 2.02. The maximum absolute atomic E-state index is 10.9. The molecule has 7 heteroatoms. The fourth-order valence-corrected chi connectivity index (χ4v) is 0.716. The highest BCUT2D eigenvalue weighted by atomic mass is 16.4. The number of hydrogen-bond acceptors (Lipinski definition) is 6. The highest BCUT2D eigenvalue weighted by Gasteiger charge is 1.99. The quantitative estimate of drug-likeness (QED) is 0.331. The molecular formula is C6H6N2O5. The van der Waals surface area contributed by atoms with Crippen LogP contribution in [0.1, 0.15) is 0 Å². The Morgan fingerprint density at radius 2 is 1.69 bits per heavy atom. The average molecular weight is 186 g/mol. The van der Waals surface area contributed by atoms with Crippen LogP contribution in [-0.4, -0.2) is 15.9 Å². The van der Waals surface area contributed by atoms with E-state index in [4.69, 9.17) is 10.4 Å². The van der Waals surface area contributed by atoms with Crippen LogP contribution in [0.15, 0.2) is 32.0 Å². The monoisotopic (exact) mass is 186 g/mol. The molecular weight excluding hydrogens is 180 g/mol. The zero-order chi connectivity index (χ0) is 9.14. The van der Waals surface area contributed by atoms with E-state index in [1.807, 2.05) is 0 Å². The van der Waals surface area contributed by atoms with Crippen molar-refractivity contribution in [2.45, 2.75) is 0 Å². The minimum absolute atomic E-state index is 0. The van der Waals surface area contributed by atoms with Crippen molar-refractivity contribution in [3.05, 3.63) is 43.3 Å². The van der Waals surface area contributed by atoms with E-state index in [0.717, 1.165) is 12.1 Å². The Bertz CT molecular complexity index is 497. The zero-order valence-electron chi connectivity index (χ0n) is 6.26. The van der Waals surface area contributed by atoms with Crippen LogP contribution in [0, 0.1) is 0 Å². The molecule has 0 atom stereocenters. The molecule has 0 radical (unpaired) electrons. The van der Waals surface area contributed by atoms with Crippen LogP contribution in [-0.2, 0) is 0 Å². The number of benzene rings is 1. The summed E-state index contributed by atoms with van der Waals surface area (Å²) in [6.07, 6.45) is 0. The van der Waals surface area contributed by atoms with Gasteiger partial charge < -0.3 is 15.9 Å². The summed E-state index contributed by atoms with van der Waals surface area (Å²) in [7, 11) is 0. The van der Waals surface area contributed by atoms with Crippen LogP contribution in [0.3, 0.4) is 0 Å². The Kier molecular flexibility index (Phi) is 3.48. The Hall–Kier alpha value is -2.02. The van der Waals surface area contributed by atoms with Crippen molar-refractivity contribution in [1.82, 2.24) is 0 Å². The van der Waals surface area contributed by atoms with Crippen molar-refractivity contribution in [3.8, 4) is 0 Å². The Labute approximate surface area is 70.5 Å². The van der Waals surface area contributed by atoms with E-state index in [0.29, 0.717) is 0 Å². The minimum atomic E-state index is -0.896. The second-order valence-electron chi connectivity index (χ2n) is 1.96. The maximum Gasteiger partial charge on any atom is 0.240 e. The summed E-state index contributed by atoms with van der Waals surface area (Å²) in [5.74, 6) is 0. The van der Waals surface area contributed by atoms with Crippen LogP contribution in [0.5, 0.6) is 0 Å². The topological polar surface area (TPSA) is 131 Å². The lowest BCUT2D eigenvalue weighted by molar-refractivity contribution is 0.295. The standard InChI is InChI=1S/C6H4N2O4.H2O/c9-4-2-1-3(7-11)6(10)5(4)8-12;/h1-2,11-12H;1H2/b7-3+,8-5+;. The highest BCUT2D eigenvalue weighted by molar-refractivity contribution is 5.01. The molecule has 0 fully saturated rings. The lowest BCUT2D eigenvalue weighted by atomic mass is 10.3. The molecule has 0 aliphatic carbocycles. The zero-order valence-corrected chi connectivity index (χ0v) is 6.26. The van der Waals surface area contributed by atoms with Crippen molar-refractivity contribution in [1.29, 1.82) is 0 Å². The molecule has 0 aliphatic heterocycles. The summed E-state index contributed by atoms with van der Waals surface area (Å²) >= 11 is 0. The molecule has 0 saturated heterocycles. The summed E-state index contributed by atoms with van der Waals surface area (Å²) in [5.41, 5.74) is -1.61. The van der Waals surface area contributed by atoms with E-state index in [2.05, 4.69) is 10.3 Å². The second kappa shape index (κ2) is 4.12. The maximum atomic E-state index is 10.9. The van der Waals surface area contributed by atoms with Crippen molar-refractivity contribution in [2.75, 3.05) is 0 Å². The van der Waals surface area contributed by atoms with Gasteiger partial charge in [-0.25, -0.2) is 0 Å². The lowest BCUT2D eigenvalue weighted by Gasteiger charge is -1.79. The third kappa shape index (κ3) is 1.76. The van der Waals surface area contributed by atoms with Gasteiger partial charge in [-0.2, -0.15) is 0 Å². The minimum Gasteiger partial charge on any atom is -0.412 e. The van der Waals surface area contributed by atoms with Gasteiger partial charge in [0.2, 0.25) is 10.9 Å². The Balaban J connectivity index is 0.00000144. The molecule has 1 aromatic carbocycles. The van der Waals surface area contributed by atoms with Crippen molar-refractivity contribution >= 4 is 0 Å². The van der Waals surface area contributed by atoms with E-state index < -0.39 is 16.2 Å². The van der Waals surface area contributed by atoms with Gasteiger partial charge in [0.15, 0.2) is 10.7 Å². The molecule has 1 aromatic rings. The van der Waals surface area contributed by atoms with E-state index in [1.165, 1.54) is 0 Å². The van der Waals surface area contributed by atoms with Crippen LogP contribution < -0.4 is 21.6 Å². The Morgan fingerprint density at radius 1 is 1.08 bits per heavy atom. The van der Waals surface area contributed by atoms with E-state index in [-0.39, 0.29) is 10.8 Å². The molecule has 13 heavy (non-hydrogen) atoms. The van der Waals surface area contributed by atoms with Crippen molar-refractivity contribution < 1.29 is 15.9 Å². The number of nitrogens with zero attached hydrogens (tertiary/aromatic N) is 2. The summed E-state index contributed by atoms with van der Waals surface area (Å²) in [4.78, 5) is 21.7. The Morgan fingerprint density at radius 3 is 2.15 bits per heavy atom. The van der Waals surface area contributed by atoms with Gasteiger partial charge in [-0.3, -0.25) is 9.59 Å². The fourth-order valence-electron chi connectivity index (χ4n) is 0.716. The van der Waals surface area contributed by atoms with Gasteiger partial charge in [0.25, 0.3) is 0 Å². The molecule has 0 unspecified atom stereocenters. The predicted molar refractivity (Wildman–Crippen MR) is 39.7 cm³/mol. The molecule has 0 bridgehead atoms. The van der Waals surface area contributed by atoms with Gasteiger partial charge in [0, 0.05) is 0 Å². The van der Waals surface area contributed by atoms with Crippen LogP contribution in [0.2, 0.25) is 0 Å². The van der Waals surface area contributed by atoms with Gasteiger partial charge in [-0.05, 0) is 12.1 Å². The molecule has 0 aromatic heterocycles. The van der Waals surface area contributed by atoms with Gasteiger partial charge in [0.1, 0.15) is 0 Å². The first-order valence-electron chi connectivity index (χ1n) is 2.92. The SMILES string of the molecule is O.O=c1cc/c(=N\O)c(=O)/c1=N/O. The smallest absolute Gasteiger partial charge is 0.240 e.